The van der Waals surface area contributed by atoms with E-state index >= 15 is 0 Å². The second-order valence-corrected chi connectivity index (χ2v) is 6.73. The summed E-state index contributed by atoms with van der Waals surface area (Å²) in [7, 11) is 5.66. The maximum atomic E-state index is 13.2. The fraction of sp³-hybridized carbons (Fsp3) is 0.381. The Morgan fingerprint density at radius 1 is 1.12 bits per heavy atom. The van der Waals surface area contributed by atoms with Gasteiger partial charge in [0, 0.05) is 31.9 Å². The predicted octanol–water partition coefficient (Wildman–Crippen LogP) is 4.13. The number of methoxy groups -OCH3 is 1. The van der Waals surface area contributed by atoms with Crippen molar-refractivity contribution >= 4 is 11.6 Å². The zero-order valence-corrected chi connectivity index (χ0v) is 15.2. The number of amides is 1. The maximum absolute atomic E-state index is 13.2. The smallest absolute Gasteiger partial charge is 0.254 e. The Hall–Kier alpha value is -2.49. The molecule has 2 aromatic carbocycles. The number of hydrogen-bond donors (Lipinski definition) is 0. The summed E-state index contributed by atoms with van der Waals surface area (Å²) < 4.78 is 5.36. The van der Waals surface area contributed by atoms with Gasteiger partial charge in [-0.15, -0.1) is 0 Å². The molecule has 1 aliphatic rings. The molecule has 4 heteroatoms. The molecule has 25 heavy (non-hydrogen) atoms. The molecule has 0 bridgehead atoms. The first-order chi connectivity index (χ1) is 12.1. The van der Waals surface area contributed by atoms with E-state index in [0.717, 1.165) is 48.4 Å². The van der Waals surface area contributed by atoms with E-state index < -0.39 is 0 Å². The molecule has 1 saturated heterocycles. The Labute approximate surface area is 150 Å². The van der Waals surface area contributed by atoms with Crippen LogP contribution in [0.15, 0.2) is 48.5 Å². The van der Waals surface area contributed by atoms with Crippen molar-refractivity contribution in [2.45, 2.75) is 25.3 Å². The van der Waals surface area contributed by atoms with E-state index in [1.807, 2.05) is 66.4 Å². The minimum Gasteiger partial charge on any atom is -0.497 e. The van der Waals surface area contributed by atoms with E-state index in [9.17, 15) is 4.79 Å². The zero-order chi connectivity index (χ0) is 17.8. The van der Waals surface area contributed by atoms with Crippen LogP contribution >= 0.6 is 0 Å². The van der Waals surface area contributed by atoms with Gasteiger partial charge in [0.05, 0.1) is 13.2 Å². The summed E-state index contributed by atoms with van der Waals surface area (Å²) in [5.74, 6) is 0.946. The first-order valence-corrected chi connectivity index (χ1v) is 8.82. The SMILES string of the molecule is COc1cccc([C@H]2CCCCN2C(=O)c2cccc(N(C)C)c2)c1. The number of ether oxygens (including phenoxy) is 1. The molecule has 2 aromatic rings. The van der Waals surface area contributed by atoms with E-state index in [0.29, 0.717) is 0 Å². The lowest BCUT2D eigenvalue weighted by Gasteiger charge is -2.36. The van der Waals surface area contributed by atoms with Crippen LogP contribution in [-0.4, -0.2) is 38.6 Å². The highest BCUT2D eigenvalue weighted by Crippen LogP contribution is 2.33. The van der Waals surface area contributed by atoms with Crippen molar-refractivity contribution in [3.05, 3.63) is 59.7 Å². The zero-order valence-electron chi connectivity index (χ0n) is 15.2. The normalized spacial score (nSPS) is 17.2. The van der Waals surface area contributed by atoms with Crippen molar-refractivity contribution in [1.29, 1.82) is 0 Å². The number of nitrogens with zero attached hydrogens (tertiary/aromatic N) is 2. The molecule has 0 radical (unpaired) electrons. The number of rotatable bonds is 4. The van der Waals surface area contributed by atoms with Crippen LogP contribution in [0.5, 0.6) is 5.75 Å². The van der Waals surface area contributed by atoms with Crippen LogP contribution in [-0.2, 0) is 0 Å². The second kappa shape index (κ2) is 7.60. The summed E-state index contributed by atoms with van der Waals surface area (Å²) >= 11 is 0. The third-order valence-electron chi connectivity index (χ3n) is 4.85. The summed E-state index contributed by atoms with van der Waals surface area (Å²) in [4.78, 5) is 17.2. The number of carbonyl (C=O) groups is 1. The summed E-state index contributed by atoms with van der Waals surface area (Å²) in [6, 6.07) is 16.0. The van der Waals surface area contributed by atoms with Crippen molar-refractivity contribution in [2.75, 3.05) is 32.6 Å². The third-order valence-corrected chi connectivity index (χ3v) is 4.85. The Morgan fingerprint density at radius 2 is 1.92 bits per heavy atom. The molecule has 1 amide bonds. The summed E-state index contributed by atoms with van der Waals surface area (Å²) in [6.45, 7) is 0.799. The van der Waals surface area contributed by atoms with Crippen LogP contribution in [0.1, 0.15) is 41.2 Å². The van der Waals surface area contributed by atoms with E-state index in [1.165, 1.54) is 0 Å². The predicted molar refractivity (Wildman–Crippen MR) is 101 cm³/mol. The quantitative estimate of drug-likeness (QED) is 0.840. The van der Waals surface area contributed by atoms with Crippen LogP contribution in [0.4, 0.5) is 5.69 Å². The largest absolute Gasteiger partial charge is 0.497 e. The van der Waals surface area contributed by atoms with Gasteiger partial charge in [0.15, 0.2) is 0 Å². The van der Waals surface area contributed by atoms with E-state index in [4.69, 9.17) is 4.74 Å². The van der Waals surface area contributed by atoms with E-state index in [-0.39, 0.29) is 11.9 Å². The molecule has 0 N–H and O–H groups in total. The molecule has 1 atom stereocenters. The van der Waals surface area contributed by atoms with Crippen LogP contribution in [0, 0.1) is 0 Å². The van der Waals surface area contributed by atoms with Crippen LogP contribution in [0.2, 0.25) is 0 Å². The highest BCUT2D eigenvalue weighted by atomic mass is 16.5. The number of hydrogen-bond acceptors (Lipinski definition) is 3. The van der Waals surface area contributed by atoms with Gasteiger partial charge in [-0.1, -0.05) is 18.2 Å². The van der Waals surface area contributed by atoms with Crippen LogP contribution < -0.4 is 9.64 Å². The lowest BCUT2D eigenvalue weighted by atomic mass is 9.94. The van der Waals surface area contributed by atoms with Crippen LogP contribution in [0.25, 0.3) is 0 Å². The molecule has 1 aliphatic heterocycles. The molecule has 0 aromatic heterocycles. The Morgan fingerprint density at radius 3 is 2.68 bits per heavy atom. The molecule has 0 saturated carbocycles. The molecular formula is C21H26N2O2. The second-order valence-electron chi connectivity index (χ2n) is 6.73. The number of anilines is 1. The van der Waals surface area contributed by atoms with Gasteiger partial charge in [-0.3, -0.25) is 4.79 Å². The van der Waals surface area contributed by atoms with Gasteiger partial charge in [0.2, 0.25) is 0 Å². The minimum absolute atomic E-state index is 0.108. The first-order valence-electron chi connectivity index (χ1n) is 8.82. The van der Waals surface area contributed by atoms with Gasteiger partial charge in [-0.05, 0) is 55.2 Å². The average molecular weight is 338 g/mol. The van der Waals surface area contributed by atoms with Gasteiger partial charge < -0.3 is 14.5 Å². The van der Waals surface area contributed by atoms with Gasteiger partial charge >= 0.3 is 0 Å². The maximum Gasteiger partial charge on any atom is 0.254 e. The van der Waals surface area contributed by atoms with Gasteiger partial charge in [0.1, 0.15) is 5.75 Å². The lowest BCUT2D eigenvalue weighted by molar-refractivity contribution is 0.0611. The first kappa shape index (κ1) is 17.3. The van der Waals surface area contributed by atoms with Gasteiger partial charge in [-0.2, -0.15) is 0 Å². The molecule has 0 unspecified atom stereocenters. The number of carbonyl (C=O) groups excluding carboxylic acids is 1. The van der Waals surface area contributed by atoms with E-state index in [2.05, 4.69) is 6.07 Å². The molecule has 0 spiro atoms. The summed E-state index contributed by atoms with van der Waals surface area (Å²) in [5, 5.41) is 0. The monoisotopic (exact) mass is 338 g/mol. The van der Waals surface area contributed by atoms with Crippen molar-refractivity contribution in [1.82, 2.24) is 4.90 Å². The Balaban J connectivity index is 1.90. The van der Waals surface area contributed by atoms with Crippen molar-refractivity contribution in [3.8, 4) is 5.75 Å². The Bertz CT molecular complexity index is 742. The summed E-state index contributed by atoms with van der Waals surface area (Å²) in [5.41, 5.74) is 2.94. The molecule has 3 rings (SSSR count). The molecule has 4 nitrogen and oxygen atoms in total. The van der Waals surface area contributed by atoms with Crippen LogP contribution in [0.3, 0.4) is 0 Å². The van der Waals surface area contributed by atoms with Crippen molar-refractivity contribution in [3.63, 3.8) is 0 Å². The summed E-state index contributed by atoms with van der Waals surface area (Å²) in [6.07, 6.45) is 3.19. The van der Waals surface area contributed by atoms with Crippen molar-refractivity contribution < 1.29 is 9.53 Å². The Kier molecular flexibility index (Phi) is 5.27. The highest BCUT2D eigenvalue weighted by molar-refractivity contribution is 5.95. The average Bonchev–Trinajstić information content (AvgIpc) is 2.67. The lowest BCUT2D eigenvalue weighted by Crippen LogP contribution is -2.38. The third kappa shape index (κ3) is 3.78. The number of piperidine rings is 1. The fourth-order valence-electron chi connectivity index (χ4n) is 3.45. The molecule has 1 heterocycles. The highest BCUT2D eigenvalue weighted by Gasteiger charge is 2.29. The van der Waals surface area contributed by atoms with Gasteiger partial charge in [-0.25, -0.2) is 0 Å². The minimum atomic E-state index is 0.108. The number of likely N-dealkylation sites (tertiary alicyclic amines) is 1. The fourth-order valence-corrected chi connectivity index (χ4v) is 3.45. The van der Waals surface area contributed by atoms with E-state index in [1.54, 1.807) is 7.11 Å². The number of benzene rings is 2. The standard InChI is InChI=1S/C21H26N2O2/c1-22(2)18-10-6-9-17(14-18)21(24)23-13-5-4-12-20(23)16-8-7-11-19(15-16)25-3/h6-11,14-15,20H,4-5,12-13H2,1-3H3/t20-/m1/s1. The van der Waals surface area contributed by atoms with Gasteiger partial charge in [0.25, 0.3) is 5.91 Å². The van der Waals surface area contributed by atoms with Crippen molar-refractivity contribution in [2.24, 2.45) is 0 Å². The molecular weight excluding hydrogens is 312 g/mol. The molecule has 0 aliphatic carbocycles. The topological polar surface area (TPSA) is 32.8 Å². The molecule has 132 valence electrons. The molecule has 1 fully saturated rings.